The number of ketones is 1. The van der Waals surface area contributed by atoms with Crippen LogP contribution in [0.3, 0.4) is 0 Å². The molecular weight excluding hydrogens is 1090 g/mol. The number of benzene rings is 2. The van der Waals surface area contributed by atoms with Crippen molar-refractivity contribution in [2.24, 2.45) is 34.6 Å². The molecule has 1 fully saturated rings. The van der Waals surface area contributed by atoms with E-state index in [4.69, 9.17) is 11.5 Å². The number of likely N-dealkylation sites (tertiary alicyclic amines) is 1. The largest absolute Gasteiger partial charge is 0.480 e. The fraction of sp³-hybridized carbons (Fsp3) is 0.567. The number of aliphatic carboxylic acids is 1. The van der Waals surface area contributed by atoms with Crippen molar-refractivity contribution in [2.75, 3.05) is 39.3 Å². The first-order chi connectivity index (χ1) is 39.7. The highest BCUT2D eigenvalue weighted by Gasteiger charge is 2.38. The van der Waals surface area contributed by atoms with Gasteiger partial charge in [0.05, 0.1) is 18.1 Å². The Morgan fingerprint density at radius 2 is 1.50 bits per heavy atom. The maximum absolute atomic E-state index is 15.2. The quantitative estimate of drug-likeness (QED) is 0.0285. The molecule has 1 aliphatic rings. The van der Waals surface area contributed by atoms with Crippen molar-refractivity contribution in [3.8, 4) is 11.1 Å². The molecule has 11 N–H and O–H groups in total. The summed E-state index contributed by atoms with van der Waals surface area (Å²) in [5.74, 6) is -7.99. The monoisotopic (exact) mass is 1180 g/mol. The van der Waals surface area contributed by atoms with Gasteiger partial charge in [-0.25, -0.2) is 18.4 Å². The Kier molecular flexibility index (Phi) is 27.6. The summed E-state index contributed by atoms with van der Waals surface area (Å²) in [6, 6.07) is 9.24. The lowest BCUT2D eigenvalue weighted by Gasteiger charge is -2.41. The Hall–Kier alpha value is -7.60. The van der Waals surface area contributed by atoms with Crippen LogP contribution in [0.15, 0.2) is 60.8 Å². The minimum atomic E-state index is -1.36. The van der Waals surface area contributed by atoms with Crippen LogP contribution in [-0.2, 0) is 49.7 Å². The van der Waals surface area contributed by atoms with Gasteiger partial charge in [-0.15, -0.1) is 0 Å². The number of aliphatic hydroxyl groups is 1. The number of nitrogens with one attached hydrogen (secondary N) is 5. The summed E-state index contributed by atoms with van der Waals surface area (Å²) in [5.41, 5.74) is 12.7. The molecule has 6 atom stereocenters. The number of halogens is 2. The Balaban J connectivity index is 1.27. The molecule has 462 valence electrons. The van der Waals surface area contributed by atoms with Gasteiger partial charge in [0, 0.05) is 99.8 Å². The van der Waals surface area contributed by atoms with Gasteiger partial charge in [-0.05, 0) is 92.5 Å². The highest BCUT2D eigenvalue weighted by Crippen LogP contribution is 2.41. The van der Waals surface area contributed by atoms with Gasteiger partial charge < -0.3 is 57.7 Å². The third-order valence-electron chi connectivity index (χ3n) is 14.7. The van der Waals surface area contributed by atoms with E-state index in [1.165, 1.54) is 9.80 Å². The minimum absolute atomic E-state index is 0.0209. The number of carbonyl (C=O) groups is 10. The van der Waals surface area contributed by atoms with E-state index in [0.717, 1.165) is 23.8 Å². The number of unbranched alkanes of at least 4 members (excludes halogenated alkanes) is 3. The maximum Gasteiger partial charge on any atom is 0.326 e. The number of rotatable bonds is 36. The van der Waals surface area contributed by atoms with Crippen LogP contribution in [0.25, 0.3) is 11.1 Å². The zero-order valence-corrected chi connectivity index (χ0v) is 49.2. The predicted octanol–water partition coefficient (Wildman–Crippen LogP) is 4.59. The average molecular weight is 1180 g/mol. The van der Waals surface area contributed by atoms with Crippen molar-refractivity contribution in [3.63, 3.8) is 0 Å². The molecule has 1 aromatic heterocycles. The van der Waals surface area contributed by atoms with Gasteiger partial charge in [-0.3, -0.25) is 43.3 Å². The third kappa shape index (κ3) is 21.9. The number of carbonyl (C=O) groups excluding carboxylic acids is 9. The average Bonchev–Trinajstić information content (AvgIpc) is 2.85. The molecule has 4 rings (SSSR count). The molecule has 1 aliphatic heterocycles. The van der Waals surface area contributed by atoms with Gasteiger partial charge in [0.25, 0.3) is 0 Å². The first-order valence-electron chi connectivity index (χ1n) is 28.8. The number of hydrogen-bond donors (Lipinski definition) is 9. The number of hydrogen-bond acceptors (Lipinski definition) is 12. The topological polar surface area (TPSA) is 335 Å². The van der Waals surface area contributed by atoms with E-state index in [1.807, 2.05) is 55.7 Å². The van der Waals surface area contributed by atoms with Crippen LogP contribution < -0.4 is 38.1 Å². The number of nitrogens with two attached hydrogens (primary N) is 2. The zero-order valence-electron chi connectivity index (χ0n) is 49.2. The van der Waals surface area contributed by atoms with Gasteiger partial charge >= 0.3 is 12.0 Å². The second-order valence-electron chi connectivity index (χ2n) is 23.0. The van der Waals surface area contributed by atoms with E-state index in [9.17, 15) is 62.5 Å². The molecular formula is C60H86F2N10O12. The number of urea groups is 1. The summed E-state index contributed by atoms with van der Waals surface area (Å²) in [6.07, 6.45) is 3.79. The van der Waals surface area contributed by atoms with E-state index < -0.39 is 101 Å². The number of carboxylic acid groups (broad SMARTS) is 1. The number of aliphatic hydroxyl groups excluding tert-OH is 1. The molecule has 0 radical (unpaired) electrons. The second-order valence-corrected chi connectivity index (χ2v) is 23.0. The first kappa shape index (κ1) is 68.9. The van der Waals surface area contributed by atoms with E-state index in [0.29, 0.717) is 43.5 Å². The molecule has 0 saturated carbocycles. The maximum atomic E-state index is 15.2. The number of nitrogens with zero attached hydrogens (tertiary/aromatic N) is 3. The molecule has 9 amide bonds. The first-order valence-corrected chi connectivity index (χ1v) is 28.8. The summed E-state index contributed by atoms with van der Waals surface area (Å²) in [6.45, 7) is 10.6. The molecule has 1 saturated heterocycles. The standard InChI is InChI=1S/C60H86F2N10O12/c1-37(2)53(69-50(76)20-11-8-14-28-72-51(77)30-38(3)57(72)81)48(74)32-40(18-15-26-67-59(64)84)55(79)68-46(58(82)83)19-12-13-25-65-49(75)23-27-66-56(80)45(63)24-29-71(52(78)36-73)54(60(4,5)6)47-31-41(43-33-42(61)21-22-44(43)62)35-70(47)34-39-16-9-7-10-17-39/h7,9-10,16-17,21-22,31,33,35,37-38,40,45-46,53-54,73H,8,11-15,18-20,23-30,32,34,36,63H2,1-6H3,(H,65,75)(H,66,80)(H,68,79)(H,69,76)(H,82,83)(H3,64,67,84)/t38?,40-,45+,46+,53+,54+/m1/s1. The predicted molar refractivity (Wildman–Crippen MR) is 309 cm³/mol. The summed E-state index contributed by atoms with van der Waals surface area (Å²) >= 11 is 0. The normalized spacial score (nSPS) is 15.2. The van der Waals surface area contributed by atoms with Gasteiger partial charge in [0.2, 0.25) is 41.4 Å². The SMILES string of the molecule is CC1CC(=O)N(CCCCCC(=O)N[C@H](C(=O)C[C@@H](CCCNC(N)=O)C(=O)N[C@@H](CCCCNC(=O)CCNC(=O)[C@@H](N)CCN(C(=O)CO)[C@@H](c2cc(-c3cc(F)ccc3F)cn2Cc2ccccc2)C(C)(C)C)C(=O)O)C(C)C)C1=O. The number of carboxylic acids is 1. The number of Topliss-reactive ketones (excluding diaryl/α,β-unsaturated/α-hetero) is 1. The van der Waals surface area contributed by atoms with Crippen molar-refractivity contribution >= 4 is 59.1 Å². The van der Waals surface area contributed by atoms with E-state index in [1.54, 1.807) is 33.0 Å². The molecule has 3 aromatic rings. The van der Waals surface area contributed by atoms with Crippen LogP contribution in [0.5, 0.6) is 0 Å². The van der Waals surface area contributed by atoms with Crippen LogP contribution in [0.4, 0.5) is 13.6 Å². The summed E-state index contributed by atoms with van der Waals surface area (Å²) in [4.78, 5) is 131. The van der Waals surface area contributed by atoms with Crippen LogP contribution in [0.1, 0.15) is 142 Å². The summed E-state index contributed by atoms with van der Waals surface area (Å²) in [7, 11) is 0. The molecule has 2 heterocycles. The Labute approximate surface area is 489 Å². The summed E-state index contributed by atoms with van der Waals surface area (Å²) in [5, 5.41) is 33.3. The Morgan fingerprint density at radius 1 is 0.798 bits per heavy atom. The van der Waals surface area contributed by atoms with Gasteiger partial charge in [0.1, 0.15) is 24.3 Å². The van der Waals surface area contributed by atoms with Crippen molar-refractivity contribution in [1.29, 1.82) is 0 Å². The fourth-order valence-corrected chi connectivity index (χ4v) is 10.2. The van der Waals surface area contributed by atoms with Gasteiger partial charge in [0.15, 0.2) is 5.78 Å². The molecule has 24 heteroatoms. The van der Waals surface area contributed by atoms with Crippen molar-refractivity contribution in [1.82, 2.24) is 41.0 Å². The number of amides is 9. The molecule has 2 aromatic carbocycles. The summed E-state index contributed by atoms with van der Waals surface area (Å²) < 4.78 is 31.5. The molecule has 22 nitrogen and oxygen atoms in total. The Bertz CT molecular complexity index is 2750. The molecule has 0 aliphatic carbocycles. The van der Waals surface area contributed by atoms with Crippen molar-refractivity contribution in [3.05, 3.63) is 83.7 Å². The lowest BCUT2D eigenvalue weighted by atomic mass is 9.82. The van der Waals surface area contributed by atoms with Crippen LogP contribution in [0, 0.1) is 34.8 Å². The van der Waals surface area contributed by atoms with Crippen molar-refractivity contribution in [2.45, 2.75) is 156 Å². The highest BCUT2D eigenvalue weighted by molar-refractivity contribution is 6.03. The Morgan fingerprint density at radius 3 is 2.13 bits per heavy atom. The van der Waals surface area contributed by atoms with Gasteiger partial charge in [-0.2, -0.15) is 0 Å². The number of primary amides is 1. The van der Waals surface area contributed by atoms with Crippen LogP contribution in [0.2, 0.25) is 0 Å². The number of imide groups is 1. The van der Waals surface area contributed by atoms with Crippen molar-refractivity contribution < 1.29 is 66.9 Å². The molecule has 1 unspecified atom stereocenters. The number of aromatic nitrogens is 1. The van der Waals surface area contributed by atoms with E-state index in [2.05, 4.69) is 26.6 Å². The zero-order chi connectivity index (χ0) is 62.3. The third-order valence-corrected chi connectivity index (χ3v) is 14.7. The molecule has 84 heavy (non-hydrogen) atoms. The smallest absolute Gasteiger partial charge is 0.326 e. The lowest BCUT2D eigenvalue weighted by molar-refractivity contribution is -0.143. The molecule has 0 spiro atoms. The van der Waals surface area contributed by atoms with E-state index in [-0.39, 0.29) is 120 Å². The highest BCUT2D eigenvalue weighted by atomic mass is 19.1. The lowest BCUT2D eigenvalue weighted by Crippen LogP contribution is -2.48. The fourth-order valence-electron chi connectivity index (χ4n) is 10.2. The van der Waals surface area contributed by atoms with Gasteiger partial charge in [-0.1, -0.05) is 78.3 Å². The molecule has 0 bridgehead atoms. The second kappa shape index (κ2) is 33.6. The van der Waals surface area contributed by atoms with E-state index >= 15 is 4.39 Å². The minimum Gasteiger partial charge on any atom is -0.480 e. The van der Waals surface area contributed by atoms with Crippen LogP contribution in [-0.4, -0.2) is 141 Å². The van der Waals surface area contributed by atoms with Crippen LogP contribution >= 0.6 is 0 Å².